The highest BCUT2D eigenvalue weighted by atomic mass is 16.6. The second-order valence-electron chi connectivity index (χ2n) is 11.8. The van der Waals surface area contributed by atoms with Gasteiger partial charge in [-0.05, 0) is 72.8 Å². The molecule has 39 heavy (non-hydrogen) atoms. The predicted molar refractivity (Wildman–Crippen MR) is 148 cm³/mol. The Hall–Kier alpha value is -3.91. The maximum absolute atomic E-state index is 13.5. The average molecular weight is 517 g/mol. The quantitative estimate of drug-likeness (QED) is 0.342. The molecule has 2 aliphatic carbocycles. The molecule has 0 radical (unpaired) electrons. The van der Waals surface area contributed by atoms with Crippen molar-refractivity contribution >= 4 is 11.9 Å². The van der Waals surface area contributed by atoms with Gasteiger partial charge < -0.3 is 9.64 Å². The zero-order valence-electron chi connectivity index (χ0n) is 22.0. The molecule has 2 saturated heterocycles. The standard InChI is InChI=1S/C34H32N2O3/c35-21-34(16-17-34)24-14-12-22(13-15-24)32(37)23-18-25-6-5-7-26(19-23)36(25)33(38)39-20-31-29-10-3-1-8-27(29)28-9-2-4-11-30(28)31/h1-4,8-15,23,25-26,31H,5-7,16-20H2. The van der Waals surface area contributed by atoms with Crippen molar-refractivity contribution in [3.63, 3.8) is 0 Å². The summed E-state index contributed by atoms with van der Waals surface area (Å²) in [7, 11) is 0. The Kier molecular flexibility index (Phi) is 5.81. The molecule has 196 valence electrons. The van der Waals surface area contributed by atoms with Crippen LogP contribution < -0.4 is 0 Å². The van der Waals surface area contributed by atoms with Crippen LogP contribution >= 0.6 is 0 Å². The first-order valence-electron chi connectivity index (χ1n) is 14.3. The lowest BCUT2D eigenvalue weighted by Gasteiger charge is -2.47. The third-order valence-electron chi connectivity index (χ3n) is 9.58. The number of rotatable bonds is 5. The van der Waals surface area contributed by atoms with Gasteiger partial charge in [0, 0.05) is 29.5 Å². The number of nitrogens with zero attached hydrogens (tertiary/aromatic N) is 2. The Bertz CT molecular complexity index is 1420. The summed E-state index contributed by atoms with van der Waals surface area (Å²) in [6.45, 7) is 0.321. The molecule has 7 rings (SSSR count). The molecule has 5 heteroatoms. The highest BCUT2D eigenvalue weighted by Crippen LogP contribution is 2.48. The number of nitriles is 1. The Morgan fingerprint density at radius 2 is 1.46 bits per heavy atom. The molecule has 0 spiro atoms. The summed E-state index contributed by atoms with van der Waals surface area (Å²) in [4.78, 5) is 28.9. The van der Waals surface area contributed by atoms with Crippen molar-refractivity contribution in [2.75, 3.05) is 6.61 Å². The molecule has 2 bridgehead atoms. The van der Waals surface area contributed by atoms with Gasteiger partial charge in [0.25, 0.3) is 0 Å². The fraction of sp³-hybridized carbons (Fsp3) is 0.382. The van der Waals surface area contributed by atoms with Crippen LogP contribution in [0.25, 0.3) is 11.1 Å². The van der Waals surface area contributed by atoms with E-state index in [2.05, 4.69) is 42.5 Å². The van der Waals surface area contributed by atoms with Gasteiger partial charge in [0.2, 0.25) is 0 Å². The molecule has 5 nitrogen and oxygen atoms in total. The monoisotopic (exact) mass is 516 g/mol. The minimum Gasteiger partial charge on any atom is -0.448 e. The molecule has 0 aromatic heterocycles. The van der Waals surface area contributed by atoms with Crippen LogP contribution in [0, 0.1) is 17.2 Å². The number of ketones is 1. The van der Waals surface area contributed by atoms with Gasteiger partial charge in [0.05, 0.1) is 11.5 Å². The first kappa shape index (κ1) is 24.2. The molecule has 3 aromatic rings. The second-order valence-corrected chi connectivity index (χ2v) is 11.8. The van der Waals surface area contributed by atoms with Crippen LogP contribution in [0.3, 0.4) is 0 Å². The van der Waals surface area contributed by atoms with Gasteiger partial charge >= 0.3 is 6.09 Å². The van der Waals surface area contributed by atoms with E-state index in [-0.39, 0.29) is 41.2 Å². The number of carbonyl (C=O) groups is 2. The van der Waals surface area contributed by atoms with Crippen molar-refractivity contribution in [1.82, 2.24) is 4.90 Å². The Balaban J connectivity index is 1.04. The third-order valence-corrected chi connectivity index (χ3v) is 9.58. The molecule has 2 unspecified atom stereocenters. The smallest absolute Gasteiger partial charge is 0.410 e. The SMILES string of the molecule is N#CC1(c2ccc(C(=O)C3CC4CCCC(C3)N4C(=O)OCC3c4ccccc4-c4ccccc43)cc2)CC1. The molecule has 2 heterocycles. The van der Waals surface area contributed by atoms with Crippen LogP contribution in [0.1, 0.15) is 77.9 Å². The van der Waals surface area contributed by atoms with Gasteiger partial charge in [-0.1, -0.05) is 72.8 Å². The second kappa shape index (κ2) is 9.38. The van der Waals surface area contributed by atoms with Crippen molar-refractivity contribution < 1.29 is 14.3 Å². The minimum absolute atomic E-state index is 0.0368. The van der Waals surface area contributed by atoms with E-state index >= 15 is 0 Å². The first-order chi connectivity index (χ1) is 19.1. The summed E-state index contributed by atoms with van der Waals surface area (Å²) in [5.74, 6) is 0.112. The zero-order valence-corrected chi connectivity index (χ0v) is 22.0. The van der Waals surface area contributed by atoms with E-state index in [1.165, 1.54) is 22.3 Å². The van der Waals surface area contributed by atoms with E-state index in [9.17, 15) is 14.9 Å². The lowest BCUT2D eigenvalue weighted by atomic mass is 9.75. The molecule has 1 saturated carbocycles. The number of hydrogen-bond acceptors (Lipinski definition) is 4. The summed E-state index contributed by atoms with van der Waals surface area (Å²) in [6.07, 6.45) is 5.82. The fourth-order valence-corrected chi connectivity index (χ4v) is 7.34. The maximum atomic E-state index is 13.5. The maximum Gasteiger partial charge on any atom is 0.410 e. The summed E-state index contributed by atoms with van der Waals surface area (Å²) in [5.41, 5.74) is 6.26. The van der Waals surface area contributed by atoms with Gasteiger partial charge in [-0.25, -0.2) is 4.79 Å². The van der Waals surface area contributed by atoms with Crippen molar-refractivity contribution in [2.24, 2.45) is 5.92 Å². The van der Waals surface area contributed by atoms with Crippen LogP contribution in [0.4, 0.5) is 4.79 Å². The largest absolute Gasteiger partial charge is 0.448 e. The van der Waals surface area contributed by atoms with Crippen LogP contribution in [-0.4, -0.2) is 35.5 Å². The summed E-state index contributed by atoms with van der Waals surface area (Å²) in [5, 5.41) is 9.48. The number of carbonyl (C=O) groups excluding carboxylic acids is 2. The topological polar surface area (TPSA) is 70.4 Å². The summed E-state index contributed by atoms with van der Waals surface area (Å²) < 4.78 is 6.03. The van der Waals surface area contributed by atoms with E-state index in [0.717, 1.165) is 37.7 Å². The highest BCUT2D eigenvalue weighted by molar-refractivity contribution is 5.98. The van der Waals surface area contributed by atoms with E-state index in [4.69, 9.17) is 4.74 Å². The molecule has 1 amide bonds. The lowest BCUT2D eigenvalue weighted by Crippen LogP contribution is -2.55. The van der Waals surface area contributed by atoms with Crippen molar-refractivity contribution in [1.29, 1.82) is 5.26 Å². The summed E-state index contributed by atoms with van der Waals surface area (Å²) >= 11 is 0. The first-order valence-corrected chi connectivity index (χ1v) is 14.3. The van der Waals surface area contributed by atoms with Crippen molar-refractivity contribution in [2.45, 2.75) is 68.4 Å². The minimum atomic E-state index is -0.340. The summed E-state index contributed by atoms with van der Waals surface area (Å²) in [6, 6.07) is 27.0. The number of hydrogen-bond donors (Lipinski definition) is 0. The average Bonchev–Trinajstić information content (AvgIpc) is 3.72. The lowest BCUT2D eigenvalue weighted by molar-refractivity contribution is 0.00651. The molecular formula is C34H32N2O3. The molecule has 3 aromatic carbocycles. The number of benzene rings is 3. The molecule has 3 fully saturated rings. The van der Waals surface area contributed by atoms with E-state index in [1.54, 1.807) is 0 Å². The van der Waals surface area contributed by atoms with Crippen LogP contribution in [-0.2, 0) is 10.2 Å². The van der Waals surface area contributed by atoms with Crippen molar-refractivity contribution in [3.05, 3.63) is 95.1 Å². The Morgan fingerprint density at radius 1 is 0.872 bits per heavy atom. The van der Waals surface area contributed by atoms with Crippen molar-refractivity contribution in [3.8, 4) is 17.2 Å². The number of Topliss-reactive ketones (excluding diaryl/α,β-unsaturated/α-hetero) is 1. The van der Waals surface area contributed by atoms with E-state index in [1.807, 2.05) is 41.3 Å². The molecule has 4 aliphatic rings. The molecule has 0 N–H and O–H groups in total. The highest BCUT2D eigenvalue weighted by Gasteiger charge is 2.46. The predicted octanol–water partition coefficient (Wildman–Crippen LogP) is 7.01. The normalized spacial score (nSPS) is 24.3. The molecule has 2 aliphatic heterocycles. The number of amides is 1. The van der Waals surface area contributed by atoms with Gasteiger partial charge in [-0.15, -0.1) is 0 Å². The van der Waals surface area contributed by atoms with Crippen LogP contribution in [0.5, 0.6) is 0 Å². The molecule has 2 atom stereocenters. The Labute approximate surface area is 229 Å². The van der Waals surface area contributed by atoms with Crippen LogP contribution in [0.15, 0.2) is 72.8 Å². The molecular weight excluding hydrogens is 484 g/mol. The third kappa shape index (κ3) is 4.05. The van der Waals surface area contributed by atoms with Gasteiger partial charge in [-0.2, -0.15) is 5.26 Å². The number of ether oxygens (including phenoxy) is 1. The number of fused-ring (bicyclic) bond motifs is 5. The number of piperidine rings is 2. The fourth-order valence-electron chi connectivity index (χ4n) is 7.34. The zero-order chi connectivity index (χ0) is 26.6. The van der Waals surface area contributed by atoms with Gasteiger partial charge in [0.15, 0.2) is 5.78 Å². The van der Waals surface area contributed by atoms with Gasteiger partial charge in [0.1, 0.15) is 6.61 Å². The van der Waals surface area contributed by atoms with E-state index in [0.29, 0.717) is 25.0 Å². The van der Waals surface area contributed by atoms with E-state index < -0.39 is 0 Å². The van der Waals surface area contributed by atoms with Gasteiger partial charge in [-0.3, -0.25) is 4.79 Å². The van der Waals surface area contributed by atoms with Crippen LogP contribution in [0.2, 0.25) is 0 Å². The Morgan fingerprint density at radius 3 is 2.03 bits per heavy atom.